The third-order valence-corrected chi connectivity index (χ3v) is 6.87. The van der Waals surface area contributed by atoms with Crippen LogP contribution in [-0.2, 0) is 4.79 Å². The predicted molar refractivity (Wildman–Crippen MR) is 117 cm³/mol. The Morgan fingerprint density at radius 2 is 1.97 bits per heavy atom. The molecule has 160 valence electrons. The molecule has 8 nitrogen and oxygen atoms in total. The standard InChI is InChI=1S/C22H24N6O2S/c1-14-11-17(15(2)31-14)19-5-6-23-22(25-19)28-20(16-3-4-16)18(12-24-28)21(30)27-9-7-26(13-29)8-10-27/h5-6,11-13,16H,3-4,7-10H2,1-2H3. The van der Waals surface area contributed by atoms with Gasteiger partial charge in [-0.1, -0.05) is 0 Å². The Bertz CT molecular complexity index is 1140. The van der Waals surface area contributed by atoms with Crippen molar-refractivity contribution < 1.29 is 9.59 Å². The number of aryl methyl sites for hydroxylation is 2. The summed E-state index contributed by atoms with van der Waals surface area (Å²) in [5, 5.41) is 4.54. The lowest BCUT2D eigenvalue weighted by Gasteiger charge is -2.32. The Morgan fingerprint density at radius 3 is 2.61 bits per heavy atom. The van der Waals surface area contributed by atoms with Crippen LogP contribution in [0.5, 0.6) is 0 Å². The fourth-order valence-electron chi connectivity index (χ4n) is 4.12. The number of carbonyl (C=O) groups excluding carboxylic acids is 2. The van der Waals surface area contributed by atoms with Crippen molar-refractivity contribution in [3.8, 4) is 17.2 Å². The van der Waals surface area contributed by atoms with Crippen LogP contribution in [0.2, 0.25) is 0 Å². The fraction of sp³-hybridized carbons (Fsp3) is 0.409. The van der Waals surface area contributed by atoms with E-state index in [1.807, 2.05) is 11.0 Å². The first-order chi connectivity index (χ1) is 15.0. The maximum Gasteiger partial charge on any atom is 0.257 e. The van der Waals surface area contributed by atoms with Gasteiger partial charge in [0.2, 0.25) is 6.41 Å². The monoisotopic (exact) mass is 436 g/mol. The zero-order valence-corrected chi connectivity index (χ0v) is 18.4. The average Bonchev–Trinajstić information content (AvgIpc) is 3.44. The van der Waals surface area contributed by atoms with Gasteiger partial charge < -0.3 is 9.80 Å². The normalized spacial score (nSPS) is 16.6. The summed E-state index contributed by atoms with van der Waals surface area (Å²) in [6, 6.07) is 4.06. The molecule has 5 rings (SSSR count). The quantitative estimate of drug-likeness (QED) is 0.574. The van der Waals surface area contributed by atoms with Crippen LogP contribution in [-0.4, -0.2) is 68.0 Å². The van der Waals surface area contributed by atoms with Crippen molar-refractivity contribution in [2.24, 2.45) is 0 Å². The summed E-state index contributed by atoms with van der Waals surface area (Å²) in [4.78, 5) is 39.4. The molecule has 0 bridgehead atoms. The van der Waals surface area contributed by atoms with E-state index in [9.17, 15) is 9.59 Å². The second-order valence-corrected chi connectivity index (χ2v) is 9.59. The minimum atomic E-state index is -0.0286. The van der Waals surface area contributed by atoms with Crippen LogP contribution in [0.4, 0.5) is 0 Å². The molecule has 1 aliphatic carbocycles. The highest BCUT2D eigenvalue weighted by Crippen LogP contribution is 2.42. The summed E-state index contributed by atoms with van der Waals surface area (Å²) in [6.07, 6.45) is 6.32. The summed E-state index contributed by atoms with van der Waals surface area (Å²) in [7, 11) is 0. The Morgan fingerprint density at radius 1 is 1.19 bits per heavy atom. The largest absolute Gasteiger partial charge is 0.342 e. The van der Waals surface area contributed by atoms with E-state index in [0.29, 0.717) is 43.6 Å². The van der Waals surface area contributed by atoms with Crippen molar-refractivity contribution in [1.82, 2.24) is 29.5 Å². The van der Waals surface area contributed by atoms with Gasteiger partial charge in [-0.25, -0.2) is 14.6 Å². The molecule has 0 atom stereocenters. The van der Waals surface area contributed by atoms with Crippen LogP contribution in [0, 0.1) is 13.8 Å². The van der Waals surface area contributed by atoms with Gasteiger partial charge >= 0.3 is 0 Å². The Labute approximate surface area is 184 Å². The zero-order chi connectivity index (χ0) is 21.5. The molecule has 4 heterocycles. The van der Waals surface area contributed by atoms with Gasteiger partial charge in [-0.15, -0.1) is 11.3 Å². The molecule has 0 spiro atoms. The van der Waals surface area contributed by atoms with E-state index in [2.05, 4.69) is 30.0 Å². The van der Waals surface area contributed by atoms with Crippen LogP contribution >= 0.6 is 11.3 Å². The van der Waals surface area contributed by atoms with Gasteiger partial charge in [0, 0.05) is 53.6 Å². The average molecular weight is 437 g/mol. The van der Waals surface area contributed by atoms with Crippen molar-refractivity contribution in [1.29, 1.82) is 0 Å². The smallest absolute Gasteiger partial charge is 0.257 e. The van der Waals surface area contributed by atoms with Crippen LogP contribution < -0.4 is 0 Å². The highest BCUT2D eigenvalue weighted by atomic mass is 32.1. The molecule has 1 aliphatic heterocycles. The van der Waals surface area contributed by atoms with E-state index >= 15 is 0 Å². The molecule has 2 aliphatic rings. The number of amides is 2. The second-order valence-electron chi connectivity index (χ2n) is 8.13. The number of piperazine rings is 1. The molecule has 2 amide bonds. The Balaban J connectivity index is 1.48. The molecular formula is C22H24N6O2S. The lowest BCUT2D eigenvalue weighted by molar-refractivity contribution is -0.119. The molecule has 1 saturated heterocycles. The lowest BCUT2D eigenvalue weighted by Crippen LogP contribution is -2.48. The van der Waals surface area contributed by atoms with E-state index < -0.39 is 0 Å². The van der Waals surface area contributed by atoms with Crippen molar-refractivity contribution in [2.45, 2.75) is 32.6 Å². The van der Waals surface area contributed by atoms with Crippen molar-refractivity contribution in [3.63, 3.8) is 0 Å². The fourth-order valence-corrected chi connectivity index (χ4v) is 5.05. The maximum atomic E-state index is 13.3. The van der Waals surface area contributed by atoms with Crippen molar-refractivity contribution in [2.75, 3.05) is 26.2 Å². The first kappa shape index (κ1) is 19.9. The number of nitrogens with zero attached hydrogens (tertiary/aromatic N) is 6. The molecule has 2 fully saturated rings. The molecule has 9 heteroatoms. The lowest BCUT2D eigenvalue weighted by atomic mass is 10.1. The highest BCUT2D eigenvalue weighted by molar-refractivity contribution is 7.12. The molecular weight excluding hydrogens is 412 g/mol. The number of hydrogen-bond acceptors (Lipinski definition) is 6. The molecule has 1 saturated carbocycles. The van der Waals surface area contributed by atoms with Gasteiger partial charge in [-0.2, -0.15) is 5.10 Å². The number of thiophene rings is 1. The SMILES string of the molecule is Cc1cc(-c2ccnc(-n3ncc(C(=O)N4CCN(C=O)CC4)c3C3CC3)n2)c(C)s1. The molecule has 0 N–H and O–H groups in total. The minimum Gasteiger partial charge on any atom is -0.342 e. The second kappa shape index (κ2) is 7.88. The summed E-state index contributed by atoms with van der Waals surface area (Å²) in [6.45, 7) is 6.39. The number of rotatable bonds is 5. The van der Waals surface area contributed by atoms with Gasteiger partial charge in [0.15, 0.2) is 0 Å². The summed E-state index contributed by atoms with van der Waals surface area (Å²) in [5.74, 6) is 0.765. The summed E-state index contributed by atoms with van der Waals surface area (Å²) >= 11 is 1.75. The molecule has 0 aromatic carbocycles. The van der Waals surface area contributed by atoms with Gasteiger partial charge in [0.25, 0.3) is 11.9 Å². The summed E-state index contributed by atoms with van der Waals surface area (Å²) < 4.78 is 1.74. The van der Waals surface area contributed by atoms with Crippen LogP contribution in [0.3, 0.4) is 0 Å². The molecule has 3 aromatic rings. The zero-order valence-electron chi connectivity index (χ0n) is 17.6. The van der Waals surface area contributed by atoms with Gasteiger partial charge in [0.1, 0.15) is 0 Å². The molecule has 3 aromatic heterocycles. The van der Waals surface area contributed by atoms with E-state index in [4.69, 9.17) is 4.98 Å². The first-order valence-corrected chi connectivity index (χ1v) is 11.3. The van der Waals surface area contributed by atoms with Crippen LogP contribution in [0.1, 0.15) is 44.6 Å². The van der Waals surface area contributed by atoms with Crippen molar-refractivity contribution in [3.05, 3.63) is 45.5 Å². The van der Waals surface area contributed by atoms with Gasteiger partial charge in [-0.05, 0) is 38.8 Å². The maximum absolute atomic E-state index is 13.3. The third-order valence-electron chi connectivity index (χ3n) is 5.90. The van der Waals surface area contributed by atoms with E-state index in [0.717, 1.165) is 36.2 Å². The van der Waals surface area contributed by atoms with E-state index in [-0.39, 0.29) is 5.91 Å². The molecule has 31 heavy (non-hydrogen) atoms. The van der Waals surface area contributed by atoms with Crippen LogP contribution in [0.25, 0.3) is 17.2 Å². The van der Waals surface area contributed by atoms with Crippen molar-refractivity contribution >= 4 is 23.7 Å². The van der Waals surface area contributed by atoms with Gasteiger partial charge in [0.05, 0.1) is 23.1 Å². The Kier molecular flexibility index (Phi) is 5.05. The summed E-state index contributed by atoms with van der Waals surface area (Å²) in [5.41, 5.74) is 3.49. The van der Waals surface area contributed by atoms with Crippen LogP contribution in [0.15, 0.2) is 24.5 Å². The predicted octanol–water partition coefficient (Wildman–Crippen LogP) is 2.80. The number of carbonyl (C=O) groups is 2. The number of aromatic nitrogens is 4. The topological polar surface area (TPSA) is 84.2 Å². The molecule has 0 radical (unpaired) electrons. The van der Waals surface area contributed by atoms with Gasteiger partial charge in [-0.3, -0.25) is 9.59 Å². The minimum absolute atomic E-state index is 0.0286. The third kappa shape index (κ3) is 3.74. The first-order valence-electron chi connectivity index (χ1n) is 10.5. The molecule has 0 unspecified atom stereocenters. The Hall–Kier alpha value is -3.07. The highest BCUT2D eigenvalue weighted by Gasteiger charge is 2.35. The van der Waals surface area contributed by atoms with E-state index in [1.54, 1.807) is 33.3 Å². The number of hydrogen-bond donors (Lipinski definition) is 0. The van der Waals surface area contributed by atoms with E-state index in [1.165, 1.54) is 9.75 Å².